The number of aryl methyl sites for hydroxylation is 1. The Hall–Kier alpha value is -0.830. The quantitative estimate of drug-likeness (QED) is 0.795. The van der Waals surface area contributed by atoms with E-state index in [1.54, 1.807) is 0 Å². The summed E-state index contributed by atoms with van der Waals surface area (Å²) in [7, 11) is 1.99. The first kappa shape index (κ1) is 9.71. The molecular weight excluding hydrogens is 174 g/mol. The molecule has 78 valence electrons. The molecule has 1 fully saturated rings. The van der Waals surface area contributed by atoms with E-state index in [2.05, 4.69) is 28.9 Å². The van der Waals surface area contributed by atoms with Crippen molar-refractivity contribution >= 4 is 0 Å². The standard InChI is InChI=1S/C11H19N3/c1-8-11(7-12-3)9(2)14(13-8)10-5-4-6-10/h10,12H,4-7H2,1-3H3. The smallest absolute Gasteiger partial charge is 0.0641 e. The monoisotopic (exact) mass is 193 g/mol. The maximum atomic E-state index is 4.63. The van der Waals surface area contributed by atoms with Crippen molar-refractivity contribution in [1.29, 1.82) is 0 Å². The summed E-state index contributed by atoms with van der Waals surface area (Å²) in [6.45, 7) is 5.23. The predicted molar refractivity (Wildman–Crippen MR) is 57.4 cm³/mol. The SMILES string of the molecule is CNCc1c(C)nn(C2CCC2)c1C. The van der Waals surface area contributed by atoms with E-state index >= 15 is 0 Å². The third-order valence-electron chi connectivity index (χ3n) is 3.25. The van der Waals surface area contributed by atoms with Gasteiger partial charge in [-0.1, -0.05) is 0 Å². The topological polar surface area (TPSA) is 29.9 Å². The maximum absolute atomic E-state index is 4.63. The molecule has 1 aromatic heterocycles. The minimum Gasteiger partial charge on any atom is -0.316 e. The molecule has 3 heteroatoms. The molecule has 1 heterocycles. The van der Waals surface area contributed by atoms with Crippen molar-refractivity contribution in [2.75, 3.05) is 7.05 Å². The highest BCUT2D eigenvalue weighted by Crippen LogP contribution is 2.33. The fourth-order valence-electron chi connectivity index (χ4n) is 2.12. The Labute approximate surface area is 85.5 Å². The summed E-state index contributed by atoms with van der Waals surface area (Å²) in [6, 6.07) is 0.680. The summed E-state index contributed by atoms with van der Waals surface area (Å²) in [5.41, 5.74) is 3.91. The van der Waals surface area contributed by atoms with E-state index in [1.807, 2.05) is 7.05 Å². The highest BCUT2D eigenvalue weighted by atomic mass is 15.3. The molecule has 1 saturated carbocycles. The lowest BCUT2D eigenvalue weighted by molar-refractivity contribution is 0.284. The molecule has 1 N–H and O–H groups in total. The summed E-state index contributed by atoms with van der Waals surface area (Å²) in [5.74, 6) is 0. The van der Waals surface area contributed by atoms with Gasteiger partial charge in [0.25, 0.3) is 0 Å². The molecule has 0 bridgehead atoms. The van der Waals surface area contributed by atoms with Gasteiger partial charge < -0.3 is 5.32 Å². The summed E-state index contributed by atoms with van der Waals surface area (Å²) in [6.07, 6.45) is 3.98. The Morgan fingerprint density at radius 3 is 2.64 bits per heavy atom. The van der Waals surface area contributed by atoms with E-state index in [0.717, 1.165) is 6.54 Å². The molecule has 0 saturated heterocycles. The normalized spacial score (nSPS) is 17.1. The molecule has 1 aliphatic rings. The molecule has 3 nitrogen and oxygen atoms in total. The molecule has 14 heavy (non-hydrogen) atoms. The summed E-state index contributed by atoms with van der Waals surface area (Å²) < 4.78 is 2.23. The van der Waals surface area contributed by atoms with Crippen molar-refractivity contribution in [2.45, 2.75) is 45.7 Å². The zero-order valence-corrected chi connectivity index (χ0v) is 9.30. The molecule has 0 aromatic carbocycles. The summed E-state index contributed by atoms with van der Waals surface area (Å²) in [4.78, 5) is 0. The second-order valence-corrected chi connectivity index (χ2v) is 4.21. The van der Waals surface area contributed by atoms with Gasteiger partial charge in [-0.2, -0.15) is 5.10 Å². The van der Waals surface area contributed by atoms with Crippen LogP contribution in [0.5, 0.6) is 0 Å². The van der Waals surface area contributed by atoms with E-state index in [1.165, 1.54) is 36.2 Å². The highest BCUT2D eigenvalue weighted by molar-refractivity contribution is 5.25. The van der Waals surface area contributed by atoms with E-state index in [9.17, 15) is 0 Å². The maximum Gasteiger partial charge on any atom is 0.0641 e. The molecule has 0 spiro atoms. The van der Waals surface area contributed by atoms with Crippen LogP contribution in [0, 0.1) is 13.8 Å². The molecule has 2 rings (SSSR count). The van der Waals surface area contributed by atoms with E-state index < -0.39 is 0 Å². The van der Waals surface area contributed by atoms with Crippen LogP contribution in [0.25, 0.3) is 0 Å². The molecular formula is C11H19N3. The molecule has 0 amide bonds. The zero-order chi connectivity index (χ0) is 10.1. The zero-order valence-electron chi connectivity index (χ0n) is 9.30. The lowest BCUT2D eigenvalue weighted by Crippen LogP contribution is -2.19. The molecule has 1 aromatic rings. The van der Waals surface area contributed by atoms with Crippen LogP contribution in [0.2, 0.25) is 0 Å². The average Bonchev–Trinajstić information content (AvgIpc) is 2.31. The number of nitrogens with one attached hydrogen (secondary N) is 1. The van der Waals surface area contributed by atoms with Gasteiger partial charge in [0.05, 0.1) is 11.7 Å². The van der Waals surface area contributed by atoms with Crippen LogP contribution in [0.1, 0.15) is 42.3 Å². The first-order chi connectivity index (χ1) is 6.74. The van der Waals surface area contributed by atoms with Crippen LogP contribution in [0.3, 0.4) is 0 Å². The number of rotatable bonds is 3. The molecule has 0 unspecified atom stereocenters. The molecule has 1 aliphatic carbocycles. The van der Waals surface area contributed by atoms with Crippen LogP contribution in [0.15, 0.2) is 0 Å². The van der Waals surface area contributed by atoms with Crippen molar-refractivity contribution in [2.24, 2.45) is 0 Å². The number of hydrogen-bond donors (Lipinski definition) is 1. The van der Waals surface area contributed by atoms with Gasteiger partial charge in [-0.15, -0.1) is 0 Å². The Morgan fingerprint density at radius 1 is 1.43 bits per heavy atom. The second kappa shape index (κ2) is 3.73. The number of nitrogens with zero attached hydrogens (tertiary/aromatic N) is 2. The van der Waals surface area contributed by atoms with Crippen LogP contribution in [0.4, 0.5) is 0 Å². The van der Waals surface area contributed by atoms with Gasteiger partial charge in [0, 0.05) is 17.8 Å². The van der Waals surface area contributed by atoms with Crippen molar-refractivity contribution in [3.05, 3.63) is 17.0 Å². The Balaban J connectivity index is 2.28. The van der Waals surface area contributed by atoms with Gasteiger partial charge in [0.2, 0.25) is 0 Å². The average molecular weight is 193 g/mol. The van der Waals surface area contributed by atoms with Crippen molar-refractivity contribution < 1.29 is 0 Å². The fourth-order valence-corrected chi connectivity index (χ4v) is 2.12. The minimum atomic E-state index is 0.680. The first-order valence-corrected chi connectivity index (χ1v) is 5.43. The van der Waals surface area contributed by atoms with Gasteiger partial charge in [0.1, 0.15) is 0 Å². The van der Waals surface area contributed by atoms with E-state index in [4.69, 9.17) is 0 Å². The highest BCUT2D eigenvalue weighted by Gasteiger charge is 2.23. The molecule has 0 atom stereocenters. The lowest BCUT2D eigenvalue weighted by atomic mass is 9.93. The van der Waals surface area contributed by atoms with Gasteiger partial charge in [-0.25, -0.2) is 0 Å². The van der Waals surface area contributed by atoms with Gasteiger partial charge in [-0.05, 0) is 40.2 Å². The Morgan fingerprint density at radius 2 is 2.14 bits per heavy atom. The van der Waals surface area contributed by atoms with Crippen molar-refractivity contribution in [3.8, 4) is 0 Å². The van der Waals surface area contributed by atoms with Crippen LogP contribution in [-0.2, 0) is 6.54 Å². The molecule has 0 aliphatic heterocycles. The second-order valence-electron chi connectivity index (χ2n) is 4.21. The van der Waals surface area contributed by atoms with Gasteiger partial charge in [0.15, 0.2) is 0 Å². The number of hydrogen-bond acceptors (Lipinski definition) is 2. The number of aromatic nitrogens is 2. The van der Waals surface area contributed by atoms with Crippen molar-refractivity contribution in [1.82, 2.24) is 15.1 Å². The van der Waals surface area contributed by atoms with Crippen LogP contribution in [-0.4, -0.2) is 16.8 Å². The predicted octanol–water partition coefficient (Wildman–Crippen LogP) is 1.94. The third kappa shape index (κ3) is 1.46. The summed E-state index contributed by atoms with van der Waals surface area (Å²) >= 11 is 0. The molecule has 0 radical (unpaired) electrons. The van der Waals surface area contributed by atoms with E-state index in [0.29, 0.717) is 6.04 Å². The minimum absolute atomic E-state index is 0.680. The van der Waals surface area contributed by atoms with E-state index in [-0.39, 0.29) is 0 Å². The van der Waals surface area contributed by atoms with Gasteiger partial charge in [-0.3, -0.25) is 4.68 Å². The lowest BCUT2D eigenvalue weighted by Gasteiger charge is -2.27. The van der Waals surface area contributed by atoms with Crippen molar-refractivity contribution in [3.63, 3.8) is 0 Å². The Kier molecular flexibility index (Phi) is 2.59. The van der Waals surface area contributed by atoms with Crippen LogP contribution >= 0.6 is 0 Å². The first-order valence-electron chi connectivity index (χ1n) is 5.43. The van der Waals surface area contributed by atoms with Crippen LogP contribution < -0.4 is 5.32 Å². The van der Waals surface area contributed by atoms with Gasteiger partial charge >= 0.3 is 0 Å². The third-order valence-corrected chi connectivity index (χ3v) is 3.25. The Bertz CT molecular complexity index is 324. The largest absolute Gasteiger partial charge is 0.316 e. The fraction of sp³-hybridized carbons (Fsp3) is 0.727. The summed E-state index contributed by atoms with van der Waals surface area (Å²) in [5, 5.41) is 7.83.